The maximum atomic E-state index is 13.6. The fourth-order valence-corrected chi connectivity index (χ4v) is 3.68. The lowest BCUT2D eigenvalue weighted by Gasteiger charge is -2.15. The Morgan fingerprint density at radius 3 is 2.33 bits per heavy atom. The van der Waals surface area contributed by atoms with Gasteiger partial charge in [-0.15, -0.1) is 11.6 Å². The highest BCUT2D eigenvalue weighted by atomic mass is 79.9. The van der Waals surface area contributed by atoms with Crippen molar-refractivity contribution in [3.63, 3.8) is 0 Å². The van der Waals surface area contributed by atoms with E-state index in [0.29, 0.717) is 4.47 Å². The molecule has 1 unspecified atom stereocenters. The predicted octanol–water partition coefficient (Wildman–Crippen LogP) is 6.83. The van der Waals surface area contributed by atoms with Crippen molar-refractivity contribution >= 4 is 54.2 Å². The molecule has 4 heteroatoms. The van der Waals surface area contributed by atoms with Crippen LogP contribution in [0.5, 0.6) is 0 Å². The van der Waals surface area contributed by atoms with Gasteiger partial charge < -0.3 is 0 Å². The molecule has 0 aliphatic carbocycles. The van der Waals surface area contributed by atoms with Crippen LogP contribution < -0.4 is 0 Å². The Balaban J connectivity index is 2.18. The lowest BCUT2D eigenvalue weighted by Crippen LogP contribution is -1.96. The number of rotatable bonds is 2. The highest BCUT2D eigenvalue weighted by Crippen LogP contribution is 2.37. The van der Waals surface area contributed by atoms with E-state index in [9.17, 15) is 4.39 Å². The van der Waals surface area contributed by atoms with E-state index in [2.05, 4.69) is 31.9 Å². The molecule has 0 nitrogen and oxygen atoms in total. The van der Waals surface area contributed by atoms with Gasteiger partial charge in [-0.05, 0) is 46.2 Å². The average Bonchev–Trinajstić information content (AvgIpc) is 2.46. The van der Waals surface area contributed by atoms with E-state index in [1.54, 1.807) is 0 Å². The van der Waals surface area contributed by atoms with Gasteiger partial charge in [0, 0.05) is 8.95 Å². The second kappa shape index (κ2) is 6.07. The van der Waals surface area contributed by atoms with E-state index in [-0.39, 0.29) is 5.82 Å². The van der Waals surface area contributed by atoms with Gasteiger partial charge in [-0.25, -0.2) is 4.39 Å². The van der Waals surface area contributed by atoms with Crippen LogP contribution in [0.4, 0.5) is 4.39 Å². The zero-order chi connectivity index (χ0) is 15.0. The van der Waals surface area contributed by atoms with Gasteiger partial charge in [0.15, 0.2) is 0 Å². The molecule has 0 bridgehead atoms. The van der Waals surface area contributed by atoms with E-state index in [1.165, 1.54) is 12.1 Å². The van der Waals surface area contributed by atoms with Crippen LogP contribution in [-0.2, 0) is 0 Å². The molecule has 3 aromatic carbocycles. The van der Waals surface area contributed by atoms with Crippen molar-refractivity contribution in [1.82, 2.24) is 0 Å². The van der Waals surface area contributed by atoms with Crippen LogP contribution >= 0.6 is 43.5 Å². The van der Waals surface area contributed by atoms with E-state index in [4.69, 9.17) is 11.6 Å². The van der Waals surface area contributed by atoms with Crippen molar-refractivity contribution in [2.24, 2.45) is 0 Å². The van der Waals surface area contributed by atoms with Crippen molar-refractivity contribution in [2.75, 3.05) is 0 Å². The molecule has 0 spiro atoms. The molecule has 0 amide bonds. The fraction of sp³-hybridized carbons (Fsp3) is 0.0588. The summed E-state index contributed by atoms with van der Waals surface area (Å²) in [6.07, 6.45) is 0. The van der Waals surface area contributed by atoms with Crippen molar-refractivity contribution in [2.45, 2.75) is 5.38 Å². The minimum atomic E-state index is -0.407. The van der Waals surface area contributed by atoms with Gasteiger partial charge in [-0.3, -0.25) is 0 Å². The molecule has 0 aliphatic rings. The van der Waals surface area contributed by atoms with Gasteiger partial charge in [0.2, 0.25) is 0 Å². The van der Waals surface area contributed by atoms with Crippen LogP contribution in [0.3, 0.4) is 0 Å². The Labute approximate surface area is 144 Å². The highest BCUT2D eigenvalue weighted by Gasteiger charge is 2.16. The summed E-state index contributed by atoms with van der Waals surface area (Å²) in [6, 6.07) is 16.7. The summed E-state index contributed by atoms with van der Waals surface area (Å²) in [4.78, 5) is 0. The first kappa shape index (κ1) is 15.0. The summed E-state index contributed by atoms with van der Waals surface area (Å²) in [6.45, 7) is 0. The van der Waals surface area contributed by atoms with Crippen LogP contribution in [0.25, 0.3) is 10.8 Å². The van der Waals surface area contributed by atoms with Crippen LogP contribution in [0.1, 0.15) is 16.5 Å². The molecule has 0 heterocycles. The Hall–Kier alpha value is -0.900. The van der Waals surface area contributed by atoms with Crippen LogP contribution in [-0.4, -0.2) is 0 Å². The Morgan fingerprint density at radius 1 is 0.905 bits per heavy atom. The summed E-state index contributed by atoms with van der Waals surface area (Å²) in [5.41, 5.74) is 1.70. The van der Waals surface area contributed by atoms with Crippen molar-refractivity contribution in [1.29, 1.82) is 0 Å². The SMILES string of the molecule is Fc1cc(Br)cc(C(Cl)c2ccc(Br)c3ccccc23)c1. The maximum Gasteiger partial charge on any atom is 0.124 e. The first-order chi connectivity index (χ1) is 10.1. The van der Waals surface area contributed by atoms with Gasteiger partial charge >= 0.3 is 0 Å². The minimum absolute atomic E-state index is 0.300. The van der Waals surface area contributed by atoms with E-state index in [1.807, 2.05) is 42.5 Å². The van der Waals surface area contributed by atoms with Crippen LogP contribution in [0.15, 0.2) is 63.5 Å². The molecule has 0 aromatic heterocycles. The lowest BCUT2D eigenvalue weighted by molar-refractivity contribution is 0.625. The molecule has 0 N–H and O–H groups in total. The molecule has 0 fully saturated rings. The summed E-state index contributed by atoms with van der Waals surface area (Å²) in [5, 5.41) is 1.75. The first-order valence-electron chi connectivity index (χ1n) is 6.33. The Bertz CT molecular complexity index is 797. The number of alkyl halides is 1. The quantitative estimate of drug-likeness (QED) is 0.392. The smallest absolute Gasteiger partial charge is 0.124 e. The summed E-state index contributed by atoms with van der Waals surface area (Å²) >= 11 is 13.5. The molecule has 0 aliphatic heterocycles. The molecule has 106 valence electrons. The van der Waals surface area contributed by atoms with E-state index in [0.717, 1.165) is 26.4 Å². The van der Waals surface area contributed by atoms with Gasteiger partial charge in [-0.2, -0.15) is 0 Å². The Kier molecular flexibility index (Phi) is 4.34. The molecule has 1 atom stereocenters. The monoisotopic (exact) mass is 426 g/mol. The fourth-order valence-electron chi connectivity index (χ4n) is 2.41. The third-order valence-corrected chi connectivity index (χ3v) is 4.99. The third-order valence-electron chi connectivity index (χ3n) is 3.36. The van der Waals surface area contributed by atoms with Crippen molar-refractivity contribution in [3.05, 3.63) is 80.5 Å². The minimum Gasteiger partial charge on any atom is -0.207 e. The topological polar surface area (TPSA) is 0 Å². The standard InChI is InChI=1S/C17H10Br2ClF/c18-11-7-10(8-12(21)9-11)17(20)15-5-6-16(19)14-4-2-1-3-13(14)15/h1-9,17H. The Morgan fingerprint density at radius 2 is 1.62 bits per heavy atom. The van der Waals surface area contributed by atoms with Gasteiger partial charge in [0.1, 0.15) is 5.82 Å². The van der Waals surface area contributed by atoms with E-state index < -0.39 is 5.38 Å². The number of benzene rings is 3. The molecule has 0 saturated carbocycles. The zero-order valence-electron chi connectivity index (χ0n) is 10.8. The number of fused-ring (bicyclic) bond motifs is 1. The first-order valence-corrected chi connectivity index (χ1v) is 8.36. The summed E-state index contributed by atoms with van der Waals surface area (Å²) < 4.78 is 15.3. The van der Waals surface area contributed by atoms with Crippen molar-refractivity contribution in [3.8, 4) is 0 Å². The highest BCUT2D eigenvalue weighted by molar-refractivity contribution is 9.11. The van der Waals surface area contributed by atoms with Crippen molar-refractivity contribution < 1.29 is 4.39 Å². The largest absolute Gasteiger partial charge is 0.207 e. The van der Waals surface area contributed by atoms with Gasteiger partial charge in [-0.1, -0.05) is 62.2 Å². The molecular weight excluding hydrogens is 418 g/mol. The third kappa shape index (κ3) is 3.01. The number of halogens is 4. The van der Waals surface area contributed by atoms with Crippen LogP contribution in [0, 0.1) is 5.82 Å². The average molecular weight is 429 g/mol. The summed E-state index contributed by atoms with van der Waals surface area (Å²) in [7, 11) is 0. The second-order valence-corrected chi connectivity index (χ2v) is 6.95. The number of hydrogen-bond donors (Lipinski definition) is 0. The van der Waals surface area contributed by atoms with Gasteiger partial charge in [0.05, 0.1) is 5.38 Å². The molecule has 21 heavy (non-hydrogen) atoms. The second-order valence-electron chi connectivity index (χ2n) is 4.75. The molecule has 0 saturated heterocycles. The molecule has 3 rings (SSSR count). The summed E-state index contributed by atoms with van der Waals surface area (Å²) in [5.74, 6) is -0.300. The molecular formula is C17H10Br2ClF. The molecule has 0 radical (unpaired) electrons. The maximum absolute atomic E-state index is 13.6. The van der Waals surface area contributed by atoms with Crippen LogP contribution in [0.2, 0.25) is 0 Å². The van der Waals surface area contributed by atoms with E-state index >= 15 is 0 Å². The normalized spacial score (nSPS) is 12.6. The predicted molar refractivity (Wildman–Crippen MR) is 93.4 cm³/mol. The number of hydrogen-bond acceptors (Lipinski definition) is 0. The zero-order valence-corrected chi connectivity index (χ0v) is 14.7. The molecule has 3 aromatic rings. The van der Waals surface area contributed by atoms with Gasteiger partial charge in [0.25, 0.3) is 0 Å². The lowest BCUT2D eigenvalue weighted by atomic mass is 9.98.